The number of aromatic nitrogens is 1. The van der Waals surface area contributed by atoms with Crippen molar-refractivity contribution in [2.24, 2.45) is 11.8 Å². The van der Waals surface area contributed by atoms with Crippen LogP contribution in [0.25, 0.3) is 0 Å². The van der Waals surface area contributed by atoms with E-state index in [0.29, 0.717) is 17.9 Å². The van der Waals surface area contributed by atoms with Gasteiger partial charge in [-0.25, -0.2) is 4.98 Å². The predicted octanol–water partition coefficient (Wildman–Crippen LogP) is 2.55. The molecule has 0 aromatic carbocycles. The summed E-state index contributed by atoms with van der Waals surface area (Å²) in [7, 11) is 0. The lowest BCUT2D eigenvalue weighted by Crippen LogP contribution is -2.28. The van der Waals surface area contributed by atoms with Gasteiger partial charge in [0.15, 0.2) is 0 Å². The van der Waals surface area contributed by atoms with Crippen LogP contribution in [-0.2, 0) is 4.74 Å². The molecule has 0 aliphatic carbocycles. The highest BCUT2D eigenvalue weighted by Crippen LogP contribution is 2.26. The van der Waals surface area contributed by atoms with Crippen LogP contribution < -0.4 is 5.32 Å². The number of pyridine rings is 1. The molecule has 1 N–H and O–H groups in total. The monoisotopic (exact) mass is 220 g/mol. The predicted molar refractivity (Wildman–Crippen MR) is 65.4 cm³/mol. The van der Waals surface area contributed by atoms with Gasteiger partial charge in [0.1, 0.15) is 5.82 Å². The summed E-state index contributed by atoms with van der Waals surface area (Å²) in [4.78, 5) is 4.26. The van der Waals surface area contributed by atoms with Gasteiger partial charge in [-0.1, -0.05) is 19.9 Å². The van der Waals surface area contributed by atoms with E-state index in [0.717, 1.165) is 25.4 Å². The minimum absolute atomic E-state index is 0.399. The second-order valence-electron chi connectivity index (χ2n) is 4.72. The van der Waals surface area contributed by atoms with Crippen molar-refractivity contribution in [3.8, 4) is 0 Å². The lowest BCUT2D eigenvalue weighted by atomic mass is 9.93. The molecule has 1 fully saturated rings. The molecule has 2 rings (SSSR count). The fraction of sp³-hybridized carbons (Fsp3) is 0.615. The number of ether oxygens (including phenoxy) is 1. The van der Waals surface area contributed by atoms with E-state index in [1.165, 1.54) is 0 Å². The van der Waals surface area contributed by atoms with E-state index >= 15 is 0 Å². The highest BCUT2D eigenvalue weighted by molar-refractivity contribution is 5.33. The van der Waals surface area contributed by atoms with Gasteiger partial charge in [0.05, 0.1) is 6.10 Å². The molecule has 1 aromatic heterocycles. The molecule has 3 heteroatoms. The summed E-state index contributed by atoms with van der Waals surface area (Å²) in [6, 6.07) is 5.93. The van der Waals surface area contributed by atoms with E-state index in [1.807, 2.05) is 24.4 Å². The zero-order valence-electron chi connectivity index (χ0n) is 10.0. The van der Waals surface area contributed by atoms with Crippen LogP contribution in [0, 0.1) is 11.8 Å². The van der Waals surface area contributed by atoms with E-state index in [9.17, 15) is 0 Å². The average molecular weight is 220 g/mol. The van der Waals surface area contributed by atoms with Crippen LogP contribution >= 0.6 is 0 Å². The number of anilines is 1. The largest absolute Gasteiger partial charge is 0.378 e. The Hall–Kier alpha value is -1.09. The molecule has 0 saturated carbocycles. The molecule has 3 nitrogen and oxygen atoms in total. The fourth-order valence-corrected chi connectivity index (χ4v) is 2.31. The van der Waals surface area contributed by atoms with Crippen molar-refractivity contribution >= 4 is 5.82 Å². The van der Waals surface area contributed by atoms with Gasteiger partial charge in [0.25, 0.3) is 0 Å². The van der Waals surface area contributed by atoms with E-state index in [4.69, 9.17) is 4.74 Å². The molecule has 1 saturated heterocycles. The van der Waals surface area contributed by atoms with Crippen LogP contribution in [-0.4, -0.2) is 24.2 Å². The first-order valence-corrected chi connectivity index (χ1v) is 6.04. The Morgan fingerprint density at radius 1 is 1.50 bits per heavy atom. The minimum atomic E-state index is 0.399. The van der Waals surface area contributed by atoms with Crippen molar-refractivity contribution in [3.63, 3.8) is 0 Å². The number of hydrogen-bond donors (Lipinski definition) is 1. The topological polar surface area (TPSA) is 34.1 Å². The molecule has 0 unspecified atom stereocenters. The Morgan fingerprint density at radius 2 is 2.38 bits per heavy atom. The van der Waals surface area contributed by atoms with Crippen molar-refractivity contribution in [3.05, 3.63) is 24.4 Å². The highest BCUT2D eigenvalue weighted by atomic mass is 16.5. The van der Waals surface area contributed by atoms with Crippen LogP contribution in [0.4, 0.5) is 5.82 Å². The summed E-state index contributed by atoms with van der Waals surface area (Å²) in [5, 5.41) is 3.38. The molecular formula is C13H20N2O. The van der Waals surface area contributed by atoms with Crippen LogP contribution in [0.1, 0.15) is 20.3 Å². The molecule has 1 aliphatic heterocycles. The summed E-state index contributed by atoms with van der Waals surface area (Å²) in [6.45, 7) is 6.31. The maximum atomic E-state index is 5.76. The summed E-state index contributed by atoms with van der Waals surface area (Å²) < 4.78 is 5.76. The van der Waals surface area contributed by atoms with Crippen molar-refractivity contribution in [2.75, 3.05) is 18.5 Å². The van der Waals surface area contributed by atoms with Gasteiger partial charge in [0, 0.05) is 25.3 Å². The average Bonchev–Trinajstić information content (AvgIpc) is 2.76. The molecule has 1 aliphatic rings. The Bertz CT molecular complexity index is 313. The number of rotatable bonds is 4. The van der Waals surface area contributed by atoms with Crippen molar-refractivity contribution < 1.29 is 4.74 Å². The van der Waals surface area contributed by atoms with Crippen molar-refractivity contribution in [1.29, 1.82) is 0 Å². The Labute approximate surface area is 97.2 Å². The molecule has 0 spiro atoms. The molecular weight excluding hydrogens is 200 g/mol. The molecule has 16 heavy (non-hydrogen) atoms. The summed E-state index contributed by atoms with van der Waals surface area (Å²) in [6.07, 6.45) is 3.37. The number of hydrogen-bond acceptors (Lipinski definition) is 3. The van der Waals surface area contributed by atoms with Crippen molar-refractivity contribution in [1.82, 2.24) is 4.98 Å². The van der Waals surface area contributed by atoms with Gasteiger partial charge >= 0.3 is 0 Å². The normalized spacial score (nSPS) is 24.9. The van der Waals surface area contributed by atoms with Gasteiger partial charge in [-0.15, -0.1) is 0 Å². The SMILES string of the molecule is CC(C)[C@H]1OCC[C@@H]1CNc1ccccn1. The second-order valence-corrected chi connectivity index (χ2v) is 4.72. The molecule has 2 heterocycles. The Balaban J connectivity index is 1.86. The van der Waals surface area contributed by atoms with E-state index in [-0.39, 0.29) is 0 Å². The zero-order chi connectivity index (χ0) is 11.4. The van der Waals surface area contributed by atoms with Crippen LogP contribution in [0.15, 0.2) is 24.4 Å². The van der Waals surface area contributed by atoms with E-state index < -0.39 is 0 Å². The number of nitrogens with zero attached hydrogens (tertiary/aromatic N) is 1. The minimum Gasteiger partial charge on any atom is -0.378 e. The molecule has 0 radical (unpaired) electrons. The zero-order valence-corrected chi connectivity index (χ0v) is 10.0. The maximum Gasteiger partial charge on any atom is 0.125 e. The van der Waals surface area contributed by atoms with Crippen LogP contribution in [0.2, 0.25) is 0 Å². The fourth-order valence-electron chi connectivity index (χ4n) is 2.31. The third-order valence-electron chi connectivity index (χ3n) is 3.13. The van der Waals surface area contributed by atoms with E-state index in [1.54, 1.807) is 0 Å². The Kier molecular flexibility index (Phi) is 3.78. The van der Waals surface area contributed by atoms with Gasteiger partial charge in [0.2, 0.25) is 0 Å². The van der Waals surface area contributed by atoms with E-state index in [2.05, 4.69) is 24.1 Å². The van der Waals surface area contributed by atoms with Gasteiger partial charge in [-0.05, 0) is 24.5 Å². The summed E-state index contributed by atoms with van der Waals surface area (Å²) in [5.41, 5.74) is 0. The van der Waals surface area contributed by atoms with Crippen LogP contribution in [0.5, 0.6) is 0 Å². The second kappa shape index (κ2) is 5.30. The summed E-state index contributed by atoms with van der Waals surface area (Å²) in [5.74, 6) is 2.16. The third kappa shape index (κ3) is 2.73. The first-order chi connectivity index (χ1) is 7.77. The standard InChI is InChI=1S/C13H20N2O/c1-10(2)13-11(6-8-16-13)9-15-12-5-3-4-7-14-12/h3-5,7,10-11,13H,6,8-9H2,1-2H3,(H,14,15)/t11-,13-/m1/s1. The molecule has 0 bridgehead atoms. The summed E-state index contributed by atoms with van der Waals surface area (Å²) >= 11 is 0. The Morgan fingerprint density at radius 3 is 3.06 bits per heavy atom. The lowest BCUT2D eigenvalue weighted by molar-refractivity contribution is 0.0566. The molecule has 1 aromatic rings. The van der Waals surface area contributed by atoms with Gasteiger partial charge in [-0.3, -0.25) is 0 Å². The van der Waals surface area contributed by atoms with Gasteiger partial charge in [-0.2, -0.15) is 0 Å². The van der Waals surface area contributed by atoms with Crippen LogP contribution in [0.3, 0.4) is 0 Å². The molecule has 2 atom stereocenters. The third-order valence-corrected chi connectivity index (χ3v) is 3.13. The first kappa shape index (κ1) is 11.4. The lowest BCUT2D eigenvalue weighted by Gasteiger charge is -2.22. The first-order valence-electron chi connectivity index (χ1n) is 6.04. The quantitative estimate of drug-likeness (QED) is 0.846. The number of nitrogens with one attached hydrogen (secondary N) is 1. The van der Waals surface area contributed by atoms with Crippen molar-refractivity contribution in [2.45, 2.75) is 26.4 Å². The smallest absolute Gasteiger partial charge is 0.125 e. The molecule has 88 valence electrons. The molecule has 0 amide bonds. The highest BCUT2D eigenvalue weighted by Gasteiger charge is 2.30. The van der Waals surface area contributed by atoms with Gasteiger partial charge < -0.3 is 10.1 Å². The maximum absolute atomic E-state index is 5.76.